The molecular formula is C14H16N4O2. The van der Waals surface area contributed by atoms with Crippen LogP contribution in [-0.4, -0.2) is 18.0 Å². The van der Waals surface area contributed by atoms with Gasteiger partial charge in [-0.15, -0.1) is 0 Å². The highest BCUT2D eigenvalue weighted by Crippen LogP contribution is 2.62. The summed E-state index contributed by atoms with van der Waals surface area (Å²) in [5, 5.41) is 20.0. The van der Waals surface area contributed by atoms with Crippen molar-refractivity contribution in [3.05, 3.63) is 27.8 Å². The molecule has 0 amide bonds. The first-order valence-corrected chi connectivity index (χ1v) is 6.59. The molecule has 6 heteroatoms. The zero-order chi connectivity index (χ0) is 14.7. The van der Waals surface area contributed by atoms with E-state index in [0.717, 1.165) is 18.8 Å². The van der Waals surface area contributed by atoms with E-state index in [1.165, 1.54) is 0 Å². The van der Waals surface area contributed by atoms with E-state index in [1.54, 1.807) is 12.1 Å². The summed E-state index contributed by atoms with van der Waals surface area (Å²) in [5.74, 6) is 1.34. The third-order valence-electron chi connectivity index (χ3n) is 4.91. The standard InChI is InChI=1S/C14H16N4O2/c1-14(2)10-6-17(7-11(10)14)9-3-8(5-15)13(18(19)20)12(16)4-9/h3-4,10-11H,6-7,16H2,1-2H3. The molecule has 1 aliphatic heterocycles. The molecule has 2 fully saturated rings. The molecule has 1 aromatic carbocycles. The Morgan fingerprint density at radius 1 is 1.45 bits per heavy atom. The van der Waals surface area contributed by atoms with Crippen molar-refractivity contribution in [1.82, 2.24) is 0 Å². The molecule has 0 spiro atoms. The van der Waals surface area contributed by atoms with Crippen LogP contribution in [0.2, 0.25) is 0 Å². The van der Waals surface area contributed by atoms with Crippen molar-refractivity contribution in [2.75, 3.05) is 23.7 Å². The Labute approximate surface area is 116 Å². The lowest BCUT2D eigenvalue weighted by Crippen LogP contribution is -2.26. The predicted molar refractivity (Wildman–Crippen MR) is 75.2 cm³/mol. The minimum absolute atomic E-state index is 0.0323. The van der Waals surface area contributed by atoms with Gasteiger partial charge in [0.1, 0.15) is 17.3 Å². The molecule has 104 valence electrons. The zero-order valence-electron chi connectivity index (χ0n) is 11.5. The molecule has 0 aromatic heterocycles. The van der Waals surface area contributed by atoms with Gasteiger partial charge in [-0.3, -0.25) is 10.1 Å². The highest BCUT2D eigenvalue weighted by molar-refractivity contribution is 5.73. The number of hydrogen-bond acceptors (Lipinski definition) is 5. The van der Waals surface area contributed by atoms with Crippen LogP contribution < -0.4 is 10.6 Å². The SMILES string of the molecule is CC1(C)C2CN(c3cc(N)c([N+](=O)[O-])c(C#N)c3)CC21. The number of fused-ring (bicyclic) bond motifs is 1. The van der Waals surface area contributed by atoms with Crippen LogP contribution in [0.1, 0.15) is 19.4 Å². The smallest absolute Gasteiger partial charge is 0.309 e. The molecule has 6 nitrogen and oxygen atoms in total. The van der Waals surface area contributed by atoms with Gasteiger partial charge in [0.15, 0.2) is 0 Å². The van der Waals surface area contributed by atoms with E-state index in [2.05, 4.69) is 18.7 Å². The van der Waals surface area contributed by atoms with Crippen LogP contribution in [0.25, 0.3) is 0 Å². The fourth-order valence-electron chi connectivity index (χ4n) is 3.46. The van der Waals surface area contributed by atoms with E-state index in [-0.39, 0.29) is 16.9 Å². The van der Waals surface area contributed by atoms with Crippen molar-refractivity contribution in [3.8, 4) is 6.07 Å². The first-order chi connectivity index (χ1) is 9.36. The largest absolute Gasteiger partial charge is 0.393 e. The van der Waals surface area contributed by atoms with Gasteiger partial charge in [0.25, 0.3) is 0 Å². The van der Waals surface area contributed by atoms with E-state index < -0.39 is 4.92 Å². The summed E-state index contributed by atoms with van der Waals surface area (Å²) >= 11 is 0. The number of nitro benzene ring substituents is 1. The van der Waals surface area contributed by atoms with E-state index in [4.69, 9.17) is 11.0 Å². The molecule has 2 unspecified atom stereocenters. The monoisotopic (exact) mass is 272 g/mol. The van der Waals surface area contributed by atoms with Crippen molar-refractivity contribution in [2.24, 2.45) is 17.3 Å². The number of anilines is 2. The Morgan fingerprint density at radius 3 is 2.55 bits per heavy atom. The Balaban J connectivity index is 1.92. The molecule has 1 aliphatic carbocycles. The molecule has 2 atom stereocenters. The minimum atomic E-state index is -0.595. The summed E-state index contributed by atoms with van der Waals surface area (Å²) in [6.45, 7) is 6.40. The molecule has 0 radical (unpaired) electrons. The van der Waals surface area contributed by atoms with Crippen molar-refractivity contribution >= 4 is 17.1 Å². The molecular weight excluding hydrogens is 256 g/mol. The van der Waals surface area contributed by atoms with Gasteiger partial charge in [0, 0.05) is 18.8 Å². The van der Waals surface area contributed by atoms with Gasteiger partial charge < -0.3 is 10.6 Å². The van der Waals surface area contributed by atoms with Crippen LogP contribution >= 0.6 is 0 Å². The molecule has 2 aliphatic rings. The van der Waals surface area contributed by atoms with E-state index in [1.807, 2.05) is 6.07 Å². The number of hydrogen-bond donors (Lipinski definition) is 1. The minimum Gasteiger partial charge on any atom is -0.393 e. The number of benzene rings is 1. The lowest BCUT2D eigenvalue weighted by atomic mass is 10.1. The molecule has 1 saturated carbocycles. The molecule has 2 N–H and O–H groups in total. The number of nitrogens with two attached hydrogens (primary N) is 1. The number of nitriles is 1. The van der Waals surface area contributed by atoms with Gasteiger partial charge in [0.2, 0.25) is 0 Å². The Hall–Kier alpha value is -2.29. The van der Waals surface area contributed by atoms with Crippen LogP contribution in [0.3, 0.4) is 0 Å². The highest BCUT2D eigenvalue weighted by Gasteiger charge is 2.61. The molecule has 3 rings (SSSR count). The number of nitro groups is 1. The summed E-state index contributed by atoms with van der Waals surface area (Å²) in [6, 6.07) is 5.06. The van der Waals surface area contributed by atoms with Crippen molar-refractivity contribution < 1.29 is 4.92 Å². The number of nitrogen functional groups attached to an aromatic ring is 1. The third kappa shape index (κ3) is 1.63. The number of nitrogens with zero attached hydrogens (tertiary/aromatic N) is 3. The normalized spacial score (nSPS) is 25.9. The number of piperidine rings is 1. The fourth-order valence-corrected chi connectivity index (χ4v) is 3.46. The summed E-state index contributed by atoms with van der Waals surface area (Å²) in [7, 11) is 0. The maximum absolute atomic E-state index is 10.9. The lowest BCUT2D eigenvalue weighted by molar-refractivity contribution is -0.384. The van der Waals surface area contributed by atoms with Crippen LogP contribution in [0.4, 0.5) is 17.1 Å². The second-order valence-corrected chi connectivity index (χ2v) is 6.24. The van der Waals surface area contributed by atoms with Gasteiger partial charge in [-0.05, 0) is 29.4 Å². The molecule has 0 bridgehead atoms. The Kier molecular flexibility index (Phi) is 2.45. The average Bonchev–Trinajstić information content (AvgIpc) is 2.79. The van der Waals surface area contributed by atoms with Gasteiger partial charge >= 0.3 is 5.69 Å². The summed E-state index contributed by atoms with van der Waals surface area (Å²) in [5.41, 5.74) is 6.76. The van der Waals surface area contributed by atoms with Crippen molar-refractivity contribution in [1.29, 1.82) is 5.26 Å². The summed E-state index contributed by atoms with van der Waals surface area (Å²) in [4.78, 5) is 12.5. The van der Waals surface area contributed by atoms with Crippen molar-refractivity contribution in [2.45, 2.75) is 13.8 Å². The average molecular weight is 272 g/mol. The lowest BCUT2D eigenvalue weighted by Gasteiger charge is -2.24. The molecule has 20 heavy (non-hydrogen) atoms. The quantitative estimate of drug-likeness (QED) is 0.505. The number of rotatable bonds is 2. The van der Waals surface area contributed by atoms with E-state index in [0.29, 0.717) is 17.3 Å². The van der Waals surface area contributed by atoms with Crippen LogP contribution in [0.5, 0.6) is 0 Å². The van der Waals surface area contributed by atoms with E-state index >= 15 is 0 Å². The highest BCUT2D eigenvalue weighted by atomic mass is 16.6. The summed E-state index contributed by atoms with van der Waals surface area (Å²) in [6.07, 6.45) is 0. The fraction of sp³-hybridized carbons (Fsp3) is 0.500. The van der Waals surface area contributed by atoms with Crippen molar-refractivity contribution in [3.63, 3.8) is 0 Å². The van der Waals surface area contributed by atoms with E-state index in [9.17, 15) is 10.1 Å². The van der Waals surface area contributed by atoms with Crippen LogP contribution in [0.15, 0.2) is 12.1 Å². The first-order valence-electron chi connectivity index (χ1n) is 6.59. The Morgan fingerprint density at radius 2 is 2.05 bits per heavy atom. The Bertz CT molecular complexity index is 633. The zero-order valence-corrected chi connectivity index (χ0v) is 11.5. The van der Waals surface area contributed by atoms with Crippen LogP contribution in [0, 0.1) is 38.7 Å². The van der Waals surface area contributed by atoms with Gasteiger partial charge in [0.05, 0.1) is 4.92 Å². The summed E-state index contributed by atoms with van der Waals surface area (Å²) < 4.78 is 0. The van der Waals surface area contributed by atoms with Gasteiger partial charge in [-0.1, -0.05) is 13.8 Å². The topological polar surface area (TPSA) is 96.2 Å². The maximum atomic E-state index is 10.9. The second-order valence-electron chi connectivity index (χ2n) is 6.24. The third-order valence-corrected chi connectivity index (χ3v) is 4.91. The van der Waals surface area contributed by atoms with Gasteiger partial charge in [-0.2, -0.15) is 5.26 Å². The van der Waals surface area contributed by atoms with Crippen LogP contribution in [-0.2, 0) is 0 Å². The molecule has 1 heterocycles. The first kappa shape index (κ1) is 12.7. The molecule has 1 aromatic rings. The predicted octanol–water partition coefficient (Wildman–Crippen LogP) is 2.14. The maximum Gasteiger partial charge on any atom is 0.309 e. The van der Waals surface area contributed by atoms with Gasteiger partial charge in [-0.25, -0.2) is 0 Å². The molecule has 1 saturated heterocycles. The second kappa shape index (κ2) is 3.85.